The summed E-state index contributed by atoms with van der Waals surface area (Å²) in [4.78, 5) is 29.0. The van der Waals surface area contributed by atoms with Gasteiger partial charge in [-0.1, -0.05) is 11.6 Å². The molecule has 24 heavy (non-hydrogen) atoms. The van der Waals surface area contributed by atoms with Crippen LogP contribution in [0, 0.1) is 0 Å². The number of nitrogens with one attached hydrogen (secondary N) is 1. The predicted octanol–water partition coefficient (Wildman–Crippen LogP) is 2.05. The zero-order valence-corrected chi connectivity index (χ0v) is 14.2. The second kappa shape index (κ2) is 7.55. The van der Waals surface area contributed by atoms with E-state index in [-0.39, 0.29) is 5.91 Å². The van der Waals surface area contributed by atoms with Crippen molar-refractivity contribution < 1.29 is 4.79 Å². The minimum Gasteiger partial charge on any atom is -0.337 e. The Morgan fingerprint density at radius 3 is 2.75 bits per heavy atom. The van der Waals surface area contributed by atoms with E-state index >= 15 is 0 Å². The van der Waals surface area contributed by atoms with Crippen molar-refractivity contribution in [3.63, 3.8) is 0 Å². The van der Waals surface area contributed by atoms with Crippen molar-refractivity contribution in [2.75, 3.05) is 38.5 Å². The number of pyridine rings is 1. The highest BCUT2D eigenvalue weighted by atomic mass is 35.5. The van der Waals surface area contributed by atoms with E-state index in [2.05, 4.69) is 32.2 Å². The van der Waals surface area contributed by atoms with Crippen LogP contribution in [0.4, 0.5) is 11.6 Å². The van der Waals surface area contributed by atoms with Gasteiger partial charge in [-0.15, -0.1) is 0 Å². The summed E-state index contributed by atoms with van der Waals surface area (Å²) < 4.78 is 0. The number of amides is 1. The van der Waals surface area contributed by atoms with E-state index in [1.807, 2.05) is 4.90 Å². The van der Waals surface area contributed by atoms with E-state index in [4.69, 9.17) is 11.6 Å². The van der Waals surface area contributed by atoms with Crippen LogP contribution in [0.25, 0.3) is 0 Å². The largest absolute Gasteiger partial charge is 0.337 e. The van der Waals surface area contributed by atoms with Crippen LogP contribution in [-0.2, 0) is 0 Å². The van der Waals surface area contributed by atoms with Gasteiger partial charge in [-0.2, -0.15) is 0 Å². The maximum atomic E-state index is 12.6. The molecule has 1 aliphatic heterocycles. The van der Waals surface area contributed by atoms with Gasteiger partial charge in [-0.25, -0.2) is 9.97 Å². The number of hydrogen-bond donors (Lipinski definition) is 1. The average Bonchev–Trinajstić information content (AvgIpc) is 2.80. The van der Waals surface area contributed by atoms with Crippen molar-refractivity contribution in [3.8, 4) is 0 Å². The Balaban J connectivity index is 1.66. The summed E-state index contributed by atoms with van der Waals surface area (Å²) in [6.45, 7) is 3.44. The summed E-state index contributed by atoms with van der Waals surface area (Å²) in [5.74, 6) is 1.11. The molecule has 1 fully saturated rings. The van der Waals surface area contributed by atoms with Gasteiger partial charge in [0.1, 0.15) is 11.0 Å². The lowest BCUT2D eigenvalue weighted by Crippen LogP contribution is -2.34. The SMILES string of the molecule is CN1CCCN(C(=O)c2ccc(Nc3cncc(Cl)n3)nc2)CC1. The van der Waals surface area contributed by atoms with Gasteiger partial charge < -0.3 is 15.1 Å². The molecule has 3 heterocycles. The molecule has 0 saturated carbocycles. The van der Waals surface area contributed by atoms with Gasteiger partial charge in [0.05, 0.1) is 18.0 Å². The normalized spacial score (nSPS) is 15.8. The number of carbonyl (C=O) groups is 1. The molecule has 0 aliphatic carbocycles. The first-order valence-corrected chi connectivity index (χ1v) is 8.18. The topological polar surface area (TPSA) is 74.2 Å². The standard InChI is InChI=1S/C16H19ClN6O/c1-22-5-2-6-23(8-7-22)16(24)12-3-4-14(19-9-12)21-15-11-18-10-13(17)20-15/h3-4,9-11H,2,5-8H2,1H3,(H,19,20,21). The van der Waals surface area contributed by atoms with Gasteiger partial charge in [-0.3, -0.25) is 9.78 Å². The summed E-state index contributed by atoms with van der Waals surface area (Å²) in [5, 5.41) is 3.31. The molecule has 0 bridgehead atoms. The van der Waals surface area contributed by atoms with Gasteiger partial charge in [-0.05, 0) is 32.1 Å². The Morgan fingerprint density at radius 2 is 2.00 bits per heavy atom. The van der Waals surface area contributed by atoms with Crippen LogP contribution >= 0.6 is 11.6 Å². The maximum Gasteiger partial charge on any atom is 0.255 e. The summed E-state index contributed by atoms with van der Waals surface area (Å²) in [5.41, 5.74) is 0.585. The van der Waals surface area contributed by atoms with E-state index < -0.39 is 0 Å². The number of carbonyl (C=O) groups excluding carboxylic acids is 1. The third-order valence-corrected chi connectivity index (χ3v) is 4.06. The fraction of sp³-hybridized carbons (Fsp3) is 0.375. The number of aromatic nitrogens is 3. The van der Waals surface area contributed by atoms with E-state index in [0.717, 1.165) is 32.6 Å². The van der Waals surface area contributed by atoms with Crippen LogP contribution in [0.15, 0.2) is 30.7 Å². The van der Waals surface area contributed by atoms with Crippen molar-refractivity contribution in [2.24, 2.45) is 0 Å². The second-order valence-corrected chi connectivity index (χ2v) is 6.12. The Hall–Kier alpha value is -2.25. The van der Waals surface area contributed by atoms with Crippen LogP contribution in [0.3, 0.4) is 0 Å². The number of hydrogen-bond acceptors (Lipinski definition) is 6. The van der Waals surface area contributed by atoms with Crippen molar-refractivity contribution in [2.45, 2.75) is 6.42 Å². The molecule has 0 atom stereocenters. The zero-order chi connectivity index (χ0) is 16.9. The summed E-state index contributed by atoms with van der Waals surface area (Å²) >= 11 is 5.80. The molecule has 2 aromatic rings. The molecule has 0 aromatic carbocycles. The van der Waals surface area contributed by atoms with Crippen molar-refractivity contribution >= 4 is 29.1 Å². The highest BCUT2D eigenvalue weighted by Crippen LogP contribution is 2.15. The second-order valence-electron chi connectivity index (χ2n) is 5.73. The average molecular weight is 347 g/mol. The molecule has 1 saturated heterocycles. The highest BCUT2D eigenvalue weighted by molar-refractivity contribution is 6.29. The van der Waals surface area contributed by atoms with Crippen molar-refractivity contribution in [1.29, 1.82) is 0 Å². The summed E-state index contributed by atoms with van der Waals surface area (Å²) in [6, 6.07) is 3.52. The lowest BCUT2D eigenvalue weighted by atomic mass is 10.2. The van der Waals surface area contributed by atoms with Crippen LogP contribution in [0.2, 0.25) is 5.15 Å². The molecular formula is C16H19ClN6O. The molecule has 2 aromatic heterocycles. The van der Waals surface area contributed by atoms with Gasteiger partial charge in [0.2, 0.25) is 0 Å². The lowest BCUT2D eigenvalue weighted by molar-refractivity contribution is 0.0762. The third kappa shape index (κ3) is 4.18. The number of halogens is 1. The molecule has 7 nitrogen and oxygen atoms in total. The van der Waals surface area contributed by atoms with Crippen LogP contribution in [-0.4, -0.2) is 63.9 Å². The van der Waals surface area contributed by atoms with E-state index in [1.165, 1.54) is 6.20 Å². The molecular weight excluding hydrogens is 328 g/mol. The Kier molecular flexibility index (Phi) is 5.22. The first-order chi connectivity index (χ1) is 11.6. The van der Waals surface area contributed by atoms with Crippen LogP contribution < -0.4 is 5.32 Å². The first-order valence-electron chi connectivity index (χ1n) is 7.80. The van der Waals surface area contributed by atoms with Crippen molar-refractivity contribution in [3.05, 3.63) is 41.4 Å². The molecule has 1 amide bonds. The van der Waals surface area contributed by atoms with Gasteiger partial charge >= 0.3 is 0 Å². The Bertz CT molecular complexity index is 708. The summed E-state index contributed by atoms with van der Waals surface area (Å²) in [7, 11) is 2.08. The van der Waals surface area contributed by atoms with Crippen molar-refractivity contribution in [1.82, 2.24) is 24.8 Å². The fourth-order valence-corrected chi connectivity index (χ4v) is 2.71. The molecule has 1 N–H and O–H groups in total. The fourth-order valence-electron chi connectivity index (χ4n) is 2.56. The maximum absolute atomic E-state index is 12.6. The predicted molar refractivity (Wildman–Crippen MR) is 92.6 cm³/mol. The van der Waals surface area contributed by atoms with Gasteiger partial charge in [0, 0.05) is 25.8 Å². The molecule has 0 spiro atoms. The lowest BCUT2D eigenvalue weighted by Gasteiger charge is -2.20. The van der Waals surface area contributed by atoms with Crippen LogP contribution in [0.1, 0.15) is 16.8 Å². The quantitative estimate of drug-likeness (QED) is 0.916. The smallest absolute Gasteiger partial charge is 0.255 e. The molecule has 1 aliphatic rings. The van der Waals surface area contributed by atoms with Crippen LogP contribution in [0.5, 0.6) is 0 Å². The van der Waals surface area contributed by atoms with Gasteiger partial charge in [0.15, 0.2) is 5.82 Å². The minimum absolute atomic E-state index is 0.0203. The highest BCUT2D eigenvalue weighted by Gasteiger charge is 2.19. The zero-order valence-electron chi connectivity index (χ0n) is 13.4. The molecule has 8 heteroatoms. The molecule has 126 valence electrons. The monoisotopic (exact) mass is 346 g/mol. The minimum atomic E-state index is 0.0203. The molecule has 0 radical (unpaired) electrons. The first kappa shape index (κ1) is 16.6. The molecule has 3 rings (SSSR count). The molecule has 0 unspecified atom stereocenters. The number of likely N-dealkylation sites (N-methyl/N-ethyl adjacent to an activating group) is 1. The number of nitrogens with zero attached hydrogens (tertiary/aromatic N) is 5. The van der Waals surface area contributed by atoms with E-state index in [9.17, 15) is 4.79 Å². The van der Waals surface area contributed by atoms with E-state index in [1.54, 1.807) is 24.5 Å². The Morgan fingerprint density at radius 1 is 1.12 bits per heavy atom. The van der Waals surface area contributed by atoms with E-state index in [0.29, 0.717) is 22.4 Å². The number of anilines is 2. The third-order valence-electron chi connectivity index (χ3n) is 3.88. The Labute approximate surface area is 145 Å². The number of rotatable bonds is 3. The summed E-state index contributed by atoms with van der Waals surface area (Å²) in [6.07, 6.45) is 5.58. The van der Waals surface area contributed by atoms with Gasteiger partial charge in [0.25, 0.3) is 5.91 Å².